The van der Waals surface area contributed by atoms with Gasteiger partial charge < -0.3 is 97.3 Å². The molecule has 0 unspecified atom stereocenters. The SMILES string of the molecule is CC(=O)N1C[C@@H](NC(=O)CCC(=O)NN)C[C@H]1C(=O)N1CCC[C@H]1C(=O)N1CCC[C@H]1C(=O)N1C[C@@H](N)C[C@H]1C(=O)N1CCC[C@H]1C(=O)N1CCC[C@H]1C(=O)N1C[C@@H](N)C[C@H]1C(=O)N1CCC[C@H]1C(=O)N1CCC[C@H]1C(=O)N1C[C@@H](N)C[C@H]1C(=O)N1CCC[C@H]1C(=O)N1CCC[C@H]1C(=O)N1C[C@@H](NC(=O)CCC(=O)NN)C[C@H]1C(N)=O. The third kappa shape index (κ3) is 16.9. The Kier molecular flexibility index (Phi) is 25.8. The predicted molar refractivity (Wildman–Crippen MR) is 404 cm³/mol. The van der Waals surface area contributed by atoms with Gasteiger partial charge in [0, 0.05) is 148 Å². The maximum Gasteiger partial charge on any atom is 0.246 e. The molecule has 0 spiro atoms. The highest BCUT2D eigenvalue weighted by Gasteiger charge is 2.57. The van der Waals surface area contributed by atoms with Crippen LogP contribution in [-0.2, 0) is 86.3 Å². The number of hydrogen-bond acceptors (Lipinski definition) is 23. The van der Waals surface area contributed by atoms with Crippen LogP contribution < -0.4 is 56.1 Å². The minimum Gasteiger partial charge on any atom is -0.368 e. The molecule has 636 valence electrons. The van der Waals surface area contributed by atoms with Crippen molar-refractivity contribution < 1.29 is 86.3 Å². The van der Waals surface area contributed by atoms with Gasteiger partial charge in [0.25, 0.3) is 0 Å². The van der Waals surface area contributed by atoms with Crippen LogP contribution in [0.4, 0.5) is 0 Å². The zero-order chi connectivity index (χ0) is 83.0. The van der Waals surface area contributed by atoms with Crippen molar-refractivity contribution in [2.24, 2.45) is 34.6 Å². The molecular formula is C75H113N23O18. The average Bonchev–Trinajstić information content (AvgIpc) is 1.59. The van der Waals surface area contributed by atoms with Crippen LogP contribution in [-0.4, -0.2) is 364 Å². The van der Waals surface area contributed by atoms with Gasteiger partial charge in [-0.3, -0.25) is 97.2 Å². The first-order valence-electron chi connectivity index (χ1n) is 41.5. The fraction of sp³-hybridized carbons (Fsp3) is 0.760. The topological polar surface area (TPSA) is 554 Å². The third-order valence-corrected chi connectivity index (χ3v) is 26.4. The lowest BCUT2D eigenvalue weighted by Crippen LogP contribution is -2.60. The fourth-order valence-electron chi connectivity index (χ4n) is 20.8. The van der Waals surface area contributed by atoms with Crippen LogP contribution in [0, 0.1) is 0 Å². The number of nitrogens with zero attached hydrogens (tertiary/aromatic N) is 13. The Morgan fingerprint density at radius 2 is 0.457 bits per heavy atom. The molecule has 13 aliphatic heterocycles. The molecule has 13 fully saturated rings. The number of amides is 18. The number of primary amides is 1. The molecule has 18 atom stereocenters. The summed E-state index contributed by atoms with van der Waals surface area (Å²) in [5.41, 5.74) is 29.5. The standard InChI is InChI=1S/C75H113N23O18/c1-40(99)94-38-45(83-60(101)19-21-62(103)85-81)34-58(94)75(116)93-29-5-13-49(93)67(108)88-24-8-16-52(88)70(111)97-37-42(77)31-56(97)73(114)91-27-3-11-47(91)65(106)86-22-6-14-50(86)68(109)95-35-41(76)30-55(95)72(113)90-26-2-10-46(90)64(105)87-23-7-15-51(87)69(110)96-36-43(78)32-57(96)74(115)92-28-4-12-48(92)66(107)89-25-9-17-53(89)71(112)98-39-44(33-54(98)63(79)104)82-59(100)18-20-61(102)84-80/h41-58H,2-39,76-78,80-81H2,1H3,(H2,79,104)(H,82,100)(H,83,101)(H,84,102)(H,85,103)/t41-,42-,43-,44-,45-,46-,47-,48-,49-,50-,51-,52-,53-,54-,55-,56-,57-,58-/m0/s1. The lowest BCUT2D eigenvalue weighted by molar-refractivity contribution is -0.156. The van der Waals surface area contributed by atoms with Crippen molar-refractivity contribution >= 4 is 106 Å². The summed E-state index contributed by atoms with van der Waals surface area (Å²) in [6.45, 7) is 2.62. The molecule has 13 rings (SSSR count). The van der Waals surface area contributed by atoms with E-state index < -0.39 is 215 Å². The van der Waals surface area contributed by atoms with Crippen molar-refractivity contribution in [2.45, 2.75) is 276 Å². The second-order valence-corrected chi connectivity index (χ2v) is 33.8. The van der Waals surface area contributed by atoms with Gasteiger partial charge in [-0.25, -0.2) is 11.7 Å². The van der Waals surface area contributed by atoms with Gasteiger partial charge in [0.1, 0.15) is 78.5 Å². The lowest BCUT2D eigenvalue weighted by Gasteiger charge is -2.38. The molecule has 41 heteroatoms. The number of rotatable bonds is 21. The molecule has 13 heterocycles. The van der Waals surface area contributed by atoms with Crippen LogP contribution in [0.5, 0.6) is 0 Å². The van der Waals surface area contributed by atoms with E-state index in [2.05, 4.69) is 10.6 Å². The highest BCUT2D eigenvalue weighted by molar-refractivity contribution is 6.02. The molecule has 13 saturated heterocycles. The van der Waals surface area contributed by atoms with Crippen LogP contribution in [0.2, 0.25) is 0 Å². The molecule has 13 aliphatic rings. The van der Waals surface area contributed by atoms with Gasteiger partial charge in [0.05, 0.1) is 0 Å². The fourth-order valence-corrected chi connectivity index (χ4v) is 20.8. The summed E-state index contributed by atoms with van der Waals surface area (Å²) in [6, 6.07) is -16.7. The highest BCUT2D eigenvalue weighted by Crippen LogP contribution is 2.38. The summed E-state index contributed by atoms with van der Waals surface area (Å²) in [5.74, 6) is 1.10. The molecule has 0 bridgehead atoms. The molecule has 0 radical (unpaired) electrons. The summed E-state index contributed by atoms with van der Waals surface area (Å²) in [6.07, 6.45) is 5.16. The van der Waals surface area contributed by atoms with Crippen LogP contribution in [0.25, 0.3) is 0 Å². The highest BCUT2D eigenvalue weighted by atomic mass is 16.2. The molecule has 18 amide bonds. The summed E-state index contributed by atoms with van der Waals surface area (Å²) in [7, 11) is 0. The van der Waals surface area contributed by atoms with E-state index >= 15 is 28.8 Å². The second-order valence-electron chi connectivity index (χ2n) is 33.8. The summed E-state index contributed by atoms with van der Waals surface area (Å²) < 4.78 is 0. The second kappa shape index (κ2) is 35.6. The zero-order valence-electron chi connectivity index (χ0n) is 65.9. The number of hydrogen-bond donors (Lipinski definition) is 10. The van der Waals surface area contributed by atoms with Gasteiger partial charge in [-0.15, -0.1) is 0 Å². The Labute approximate surface area is 671 Å². The predicted octanol–water partition coefficient (Wildman–Crippen LogP) is -8.08. The third-order valence-electron chi connectivity index (χ3n) is 26.4. The first-order chi connectivity index (χ1) is 55.5. The van der Waals surface area contributed by atoms with E-state index in [1.54, 1.807) is 0 Å². The van der Waals surface area contributed by atoms with Gasteiger partial charge in [-0.05, 0) is 135 Å². The minimum atomic E-state index is -1.11. The number of carbonyl (C=O) groups excluding carboxylic acids is 18. The van der Waals surface area contributed by atoms with Gasteiger partial charge in [0.15, 0.2) is 0 Å². The first-order valence-corrected chi connectivity index (χ1v) is 41.5. The van der Waals surface area contributed by atoms with Crippen molar-refractivity contribution in [1.29, 1.82) is 0 Å². The molecule has 0 aromatic carbocycles. The maximum absolute atomic E-state index is 15.2. The number of hydrazine groups is 2. The van der Waals surface area contributed by atoms with Crippen molar-refractivity contribution in [3.05, 3.63) is 0 Å². The van der Waals surface area contributed by atoms with Gasteiger partial charge in [-0.1, -0.05) is 0 Å². The summed E-state index contributed by atoms with van der Waals surface area (Å²) >= 11 is 0. The van der Waals surface area contributed by atoms with E-state index in [9.17, 15) is 57.5 Å². The normalized spacial score (nSPS) is 31.8. The molecule has 0 aromatic heterocycles. The Hall–Kier alpha value is -9.74. The van der Waals surface area contributed by atoms with Gasteiger partial charge in [-0.2, -0.15) is 0 Å². The Balaban J connectivity index is 0.617. The molecule has 41 nitrogen and oxygen atoms in total. The first kappa shape index (κ1) is 84.2. The van der Waals surface area contributed by atoms with Crippen LogP contribution in [0.3, 0.4) is 0 Å². The van der Waals surface area contributed by atoms with Crippen molar-refractivity contribution in [1.82, 2.24) is 85.2 Å². The lowest BCUT2D eigenvalue weighted by atomic mass is 10.1. The summed E-state index contributed by atoms with van der Waals surface area (Å²) in [5, 5.41) is 5.54. The Morgan fingerprint density at radius 3 is 0.690 bits per heavy atom. The maximum atomic E-state index is 15.2. The number of nitrogens with one attached hydrogen (secondary N) is 4. The van der Waals surface area contributed by atoms with E-state index in [1.165, 1.54) is 70.6 Å². The van der Waals surface area contributed by atoms with Crippen LogP contribution in [0.15, 0.2) is 0 Å². The van der Waals surface area contributed by atoms with Crippen molar-refractivity contribution in [3.8, 4) is 0 Å². The smallest absolute Gasteiger partial charge is 0.246 e. The average molecular weight is 1620 g/mol. The van der Waals surface area contributed by atoms with E-state index in [1.807, 2.05) is 10.9 Å². The van der Waals surface area contributed by atoms with Crippen molar-refractivity contribution in [3.63, 3.8) is 0 Å². The van der Waals surface area contributed by atoms with Gasteiger partial charge in [0.2, 0.25) is 106 Å². The Morgan fingerprint density at radius 1 is 0.259 bits per heavy atom. The zero-order valence-corrected chi connectivity index (χ0v) is 65.9. The van der Waals surface area contributed by atoms with E-state index in [0.29, 0.717) is 57.8 Å². The van der Waals surface area contributed by atoms with Gasteiger partial charge >= 0.3 is 0 Å². The molecule has 0 aromatic rings. The molecule has 16 N–H and O–H groups in total. The van der Waals surface area contributed by atoms with E-state index in [-0.39, 0.29) is 188 Å². The number of nitrogens with two attached hydrogens (primary N) is 6. The molecular weight excluding hydrogens is 1510 g/mol. The quantitative estimate of drug-likeness (QED) is 0.0290. The van der Waals surface area contributed by atoms with E-state index in [0.717, 1.165) is 0 Å². The number of carbonyl (C=O) groups is 18. The minimum absolute atomic E-state index is 0.0113. The molecule has 0 saturated carbocycles. The molecule has 116 heavy (non-hydrogen) atoms. The summed E-state index contributed by atoms with van der Waals surface area (Å²) in [4.78, 5) is 272. The molecule has 0 aliphatic carbocycles. The van der Waals surface area contributed by atoms with Crippen molar-refractivity contribution in [2.75, 3.05) is 85.1 Å². The Bertz CT molecular complexity index is 3690. The van der Waals surface area contributed by atoms with Crippen LogP contribution in [0.1, 0.15) is 167 Å². The number of likely N-dealkylation sites (tertiary alicyclic amines) is 13. The largest absolute Gasteiger partial charge is 0.368 e. The van der Waals surface area contributed by atoms with Crippen LogP contribution >= 0.6 is 0 Å². The van der Waals surface area contributed by atoms with E-state index in [4.69, 9.17) is 34.6 Å². The monoisotopic (exact) mass is 1620 g/mol.